The molecule has 0 spiro atoms. The van der Waals surface area contributed by atoms with Crippen LogP contribution in [0.15, 0.2) is 6.07 Å². The predicted molar refractivity (Wildman–Crippen MR) is 174 cm³/mol. The summed E-state index contributed by atoms with van der Waals surface area (Å²) in [4.78, 5) is 47.8. The van der Waals surface area contributed by atoms with Crippen molar-refractivity contribution in [1.29, 1.82) is 0 Å². The summed E-state index contributed by atoms with van der Waals surface area (Å²) in [5, 5.41) is 0. The first kappa shape index (κ1) is 38.9. The summed E-state index contributed by atoms with van der Waals surface area (Å²) >= 11 is 0. The molecular formula is C37H62O4. The predicted octanol–water partition coefficient (Wildman–Crippen LogP) is 9.94. The van der Waals surface area contributed by atoms with E-state index in [1.165, 1.54) is 30.0 Å². The Morgan fingerprint density at radius 2 is 1.49 bits per heavy atom. The zero-order valence-corrected chi connectivity index (χ0v) is 28.9. The molecule has 4 nitrogen and oxygen atoms in total. The Bertz CT molecular complexity index is 1010. The van der Waals surface area contributed by atoms with E-state index in [1.807, 2.05) is 6.92 Å². The maximum Gasteiger partial charge on any atom is 0.163 e. The standard InChI is InChI=1S/C30H46O3.C4H8O.C3H8/c1-10-12-22(23(11-2)27(32)13-19(5)31)14-21-15-25-24(18(3)4)17-26(30(7,8)9)20(6)29(25)28(33)16-21;1-3-4(2)5;1-3-2/h17-18,21-23H,10-16H2,1-9H3;3H2,1-2H3;3H2,1-2H3. The molecule has 0 saturated carbocycles. The number of rotatable bonds is 11. The third kappa shape index (κ3) is 12.3. The van der Waals surface area contributed by atoms with Crippen molar-refractivity contribution in [1.82, 2.24) is 0 Å². The number of carbonyl (C=O) groups excluding carboxylic acids is 4. The van der Waals surface area contributed by atoms with Gasteiger partial charge in [0.15, 0.2) is 5.78 Å². The lowest BCUT2D eigenvalue weighted by Crippen LogP contribution is -2.31. The van der Waals surface area contributed by atoms with Gasteiger partial charge in [-0.2, -0.15) is 0 Å². The van der Waals surface area contributed by atoms with Crippen LogP contribution in [0.2, 0.25) is 0 Å². The zero-order valence-electron chi connectivity index (χ0n) is 28.9. The Morgan fingerprint density at radius 3 is 1.88 bits per heavy atom. The first-order valence-corrected chi connectivity index (χ1v) is 16.2. The van der Waals surface area contributed by atoms with Crippen molar-refractivity contribution in [2.24, 2.45) is 17.8 Å². The topological polar surface area (TPSA) is 68.3 Å². The van der Waals surface area contributed by atoms with E-state index in [0.717, 1.165) is 43.2 Å². The Balaban J connectivity index is 0.00000177. The van der Waals surface area contributed by atoms with Gasteiger partial charge in [-0.1, -0.05) is 94.6 Å². The van der Waals surface area contributed by atoms with Gasteiger partial charge in [0.05, 0.1) is 6.42 Å². The number of benzene rings is 1. The molecule has 41 heavy (non-hydrogen) atoms. The van der Waals surface area contributed by atoms with Crippen LogP contribution in [0, 0.1) is 24.7 Å². The van der Waals surface area contributed by atoms with E-state index in [0.29, 0.717) is 18.8 Å². The van der Waals surface area contributed by atoms with E-state index < -0.39 is 0 Å². The third-order valence-corrected chi connectivity index (χ3v) is 8.04. The van der Waals surface area contributed by atoms with Gasteiger partial charge in [0.25, 0.3) is 0 Å². The Kier molecular flexibility index (Phi) is 17.5. The highest BCUT2D eigenvalue weighted by Crippen LogP contribution is 2.41. The molecule has 0 amide bonds. The van der Waals surface area contributed by atoms with Crippen LogP contribution in [-0.2, 0) is 26.2 Å². The van der Waals surface area contributed by atoms with Crippen molar-refractivity contribution in [3.63, 3.8) is 0 Å². The minimum absolute atomic E-state index is 0.00246. The van der Waals surface area contributed by atoms with E-state index in [9.17, 15) is 19.2 Å². The first-order valence-electron chi connectivity index (χ1n) is 16.2. The first-order chi connectivity index (χ1) is 19.0. The molecular weight excluding hydrogens is 508 g/mol. The van der Waals surface area contributed by atoms with Gasteiger partial charge in [-0.3, -0.25) is 14.4 Å². The highest BCUT2D eigenvalue weighted by Gasteiger charge is 2.35. The van der Waals surface area contributed by atoms with Gasteiger partial charge < -0.3 is 4.79 Å². The van der Waals surface area contributed by atoms with Crippen molar-refractivity contribution >= 4 is 23.1 Å². The number of hydrogen-bond donors (Lipinski definition) is 0. The third-order valence-electron chi connectivity index (χ3n) is 8.04. The van der Waals surface area contributed by atoms with Gasteiger partial charge in [-0.25, -0.2) is 0 Å². The summed E-state index contributed by atoms with van der Waals surface area (Å²) < 4.78 is 0. The van der Waals surface area contributed by atoms with Gasteiger partial charge in [-0.05, 0) is 85.5 Å². The lowest BCUT2D eigenvalue weighted by atomic mass is 9.69. The Morgan fingerprint density at radius 1 is 0.951 bits per heavy atom. The van der Waals surface area contributed by atoms with Crippen LogP contribution in [0.25, 0.3) is 0 Å². The van der Waals surface area contributed by atoms with E-state index >= 15 is 0 Å². The fourth-order valence-electron chi connectivity index (χ4n) is 6.12. The number of fused-ring (bicyclic) bond motifs is 1. The second-order valence-corrected chi connectivity index (χ2v) is 13.5. The SMILES string of the molecule is CCC.CCC(C)=O.CCCC(CC1CC(=O)c2c(C)c(C(C)(C)C)cc(C(C)C)c2C1)C(CC)C(=O)CC(C)=O. The van der Waals surface area contributed by atoms with Crippen LogP contribution in [0.3, 0.4) is 0 Å². The summed E-state index contributed by atoms with van der Waals surface area (Å²) in [6.45, 7) is 26.6. The maximum absolute atomic E-state index is 13.5. The van der Waals surface area contributed by atoms with Gasteiger partial charge in [0, 0.05) is 24.3 Å². The number of Topliss-reactive ketones (excluding diaryl/α,β-unsaturated/α-hetero) is 4. The molecule has 1 aliphatic rings. The number of ketones is 4. The van der Waals surface area contributed by atoms with Crippen LogP contribution < -0.4 is 0 Å². The molecule has 0 heterocycles. The summed E-state index contributed by atoms with van der Waals surface area (Å²) in [6, 6.07) is 2.35. The van der Waals surface area contributed by atoms with Crippen LogP contribution in [0.5, 0.6) is 0 Å². The molecule has 0 bridgehead atoms. The highest BCUT2D eigenvalue weighted by molar-refractivity contribution is 6.01. The normalized spacial score (nSPS) is 16.0. The van der Waals surface area contributed by atoms with Crippen molar-refractivity contribution in [3.05, 3.63) is 33.9 Å². The summed E-state index contributed by atoms with van der Waals surface area (Å²) in [7, 11) is 0. The summed E-state index contributed by atoms with van der Waals surface area (Å²) in [5.74, 6) is 1.33. The quantitative estimate of drug-likeness (QED) is 0.248. The minimum atomic E-state index is -0.0834. The lowest BCUT2D eigenvalue weighted by Gasteiger charge is -2.35. The zero-order chi connectivity index (χ0) is 32.1. The molecule has 1 aliphatic carbocycles. The van der Waals surface area contributed by atoms with Crippen LogP contribution >= 0.6 is 0 Å². The number of carbonyl (C=O) groups is 4. The molecule has 1 aromatic carbocycles. The molecule has 0 N–H and O–H groups in total. The van der Waals surface area contributed by atoms with Crippen molar-refractivity contribution in [2.45, 2.75) is 159 Å². The average Bonchev–Trinajstić information content (AvgIpc) is 2.84. The monoisotopic (exact) mass is 570 g/mol. The Hall–Kier alpha value is -2.10. The average molecular weight is 571 g/mol. The van der Waals surface area contributed by atoms with Crippen LogP contribution in [0.1, 0.15) is 173 Å². The van der Waals surface area contributed by atoms with E-state index in [-0.39, 0.29) is 52.7 Å². The highest BCUT2D eigenvalue weighted by atomic mass is 16.1. The van der Waals surface area contributed by atoms with E-state index in [4.69, 9.17) is 0 Å². The fourth-order valence-corrected chi connectivity index (χ4v) is 6.12. The van der Waals surface area contributed by atoms with Crippen molar-refractivity contribution < 1.29 is 19.2 Å². The molecule has 0 aliphatic heterocycles. The van der Waals surface area contributed by atoms with Gasteiger partial charge >= 0.3 is 0 Å². The minimum Gasteiger partial charge on any atom is -0.300 e. The molecule has 234 valence electrons. The van der Waals surface area contributed by atoms with E-state index in [1.54, 1.807) is 6.92 Å². The second-order valence-electron chi connectivity index (χ2n) is 13.5. The van der Waals surface area contributed by atoms with Gasteiger partial charge in [-0.15, -0.1) is 0 Å². The number of hydrogen-bond acceptors (Lipinski definition) is 4. The molecule has 3 atom stereocenters. The Labute approximate surface area is 252 Å². The molecule has 1 aromatic rings. The van der Waals surface area contributed by atoms with Crippen molar-refractivity contribution in [3.8, 4) is 0 Å². The van der Waals surface area contributed by atoms with Crippen LogP contribution in [-0.4, -0.2) is 23.1 Å². The summed E-state index contributed by atoms with van der Waals surface area (Å²) in [5.41, 5.74) is 5.95. The molecule has 0 radical (unpaired) electrons. The van der Waals surface area contributed by atoms with Gasteiger partial charge in [0.2, 0.25) is 0 Å². The van der Waals surface area contributed by atoms with Crippen LogP contribution in [0.4, 0.5) is 0 Å². The molecule has 0 aromatic heterocycles. The summed E-state index contributed by atoms with van der Waals surface area (Å²) in [6.07, 6.45) is 7.07. The fraction of sp³-hybridized carbons (Fsp3) is 0.730. The maximum atomic E-state index is 13.5. The molecule has 0 fully saturated rings. The van der Waals surface area contributed by atoms with E-state index in [2.05, 4.69) is 75.3 Å². The van der Waals surface area contributed by atoms with Crippen molar-refractivity contribution in [2.75, 3.05) is 0 Å². The van der Waals surface area contributed by atoms with Gasteiger partial charge in [0.1, 0.15) is 17.3 Å². The second kappa shape index (κ2) is 18.4. The molecule has 0 saturated heterocycles. The lowest BCUT2D eigenvalue weighted by molar-refractivity contribution is -0.130. The largest absolute Gasteiger partial charge is 0.300 e. The molecule has 3 unspecified atom stereocenters. The molecule has 2 rings (SSSR count). The molecule has 4 heteroatoms. The smallest absolute Gasteiger partial charge is 0.163 e.